The summed E-state index contributed by atoms with van der Waals surface area (Å²) in [4.78, 5) is 21.5. The van der Waals surface area contributed by atoms with Gasteiger partial charge < -0.3 is 4.74 Å². The molecule has 0 aliphatic heterocycles. The van der Waals surface area contributed by atoms with Gasteiger partial charge in [-0.1, -0.05) is 52.0 Å². The highest BCUT2D eigenvalue weighted by molar-refractivity contribution is 5.91. The predicted molar refractivity (Wildman–Crippen MR) is 130 cm³/mol. The van der Waals surface area contributed by atoms with Crippen LogP contribution in [0.4, 0.5) is 0 Å². The number of rotatable bonds is 11. The van der Waals surface area contributed by atoms with Gasteiger partial charge in [-0.15, -0.1) is 0 Å². The Hall–Kier alpha value is -3.52. The Morgan fingerprint density at radius 2 is 1.64 bits per heavy atom. The number of benzene rings is 2. The molecule has 0 saturated carbocycles. The van der Waals surface area contributed by atoms with Gasteiger partial charge in [-0.3, -0.25) is 0 Å². The average Bonchev–Trinajstić information content (AvgIpc) is 2.85. The fourth-order valence-corrected chi connectivity index (χ4v) is 3.70. The minimum atomic E-state index is -0.478. The molecule has 3 aromatic rings. The van der Waals surface area contributed by atoms with Gasteiger partial charge in [0.1, 0.15) is 5.75 Å². The van der Waals surface area contributed by atoms with Crippen molar-refractivity contribution in [2.45, 2.75) is 65.2 Å². The summed E-state index contributed by atoms with van der Waals surface area (Å²) in [5, 5.41) is 9.53. The molecule has 0 spiro atoms. The first-order valence-corrected chi connectivity index (χ1v) is 11.8. The van der Waals surface area contributed by atoms with Crippen molar-refractivity contribution in [1.82, 2.24) is 9.97 Å². The van der Waals surface area contributed by atoms with E-state index in [1.165, 1.54) is 19.3 Å². The maximum Gasteiger partial charge on any atom is 0.343 e. The summed E-state index contributed by atoms with van der Waals surface area (Å²) in [6, 6.07) is 14.6. The highest BCUT2D eigenvalue weighted by atomic mass is 16.5. The maximum atomic E-state index is 12.6. The predicted octanol–water partition coefficient (Wildman–Crippen LogP) is 6.70. The van der Waals surface area contributed by atoms with Crippen molar-refractivity contribution in [3.05, 3.63) is 77.1 Å². The molecule has 0 atom stereocenters. The van der Waals surface area contributed by atoms with Crippen LogP contribution in [0, 0.1) is 11.3 Å². The molecule has 1 heterocycles. The third-order valence-corrected chi connectivity index (χ3v) is 5.58. The van der Waals surface area contributed by atoms with E-state index in [1.54, 1.807) is 24.3 Å². The van der Waals surface area contributed by atoms with Crippen LogP contribution in [0.1, 0.15) is 79.4 Å². The molecule has 0 aliphatic rings. The van der Waals surface area contributed by atoms with Crippen molar-refractivity contribution in [1.29, 1.82) is 5.26 Å². The van der Waals surface area contributed by atoms with Gasteiger partial charge in [0.25, 0.3) is 0 Å². The molecule has 33 heavy (non-hydrogen) atoms. The van der Waals surface area contributed by atoms with Crippen molar-refractivity contribution >= 4 is 5.97 Å². The van der Waals surface area contributed by atoms with Crippen molar-refractivity contribution in [2.75, 3.05) is 0 Å². The van der Waals surface area contributed by atoms with Gasteiger partial charge in [-0.05, 0) is 66.8 Å². The standard InChI is InChI=1S/C28H31N3O2/c1-3-5-6-7-8-10-22-11-12-24(17-25(22)18-29)28(32)33-26-15-13-23(14-16-26)27-30-19-21(9-4-2)20-31-27/h11-17,19-20H,3-10H2,1-2H3. The Morgan fingerprint density at radius 3 is 2.30 bits per heavy atom. The molecule has 5 nitrogen and oxygen atoms in total. The van der Waals surface area contributed by atoms with E-state index in [0.717, 1.165) is 48.8 Å². The quantitative estimate of drug-likeness (QED) is 0.188. The molecule has 0 bridgehead atoms. The van der Waals surface area contributed by atoms with E-state index in [2.05, 4.69) is 29.9 Å². The second kappa shape index (κ2) is 12.5. The minimum absolute atomic E-state index is 0.375. The second-order valence-electron chi connectivity index (χ2n) is 8.23. The van der Waals surface area contributed by atoms with Crippen molar-refractivity contribution < 1.29 is 9.53 Å². The van der Waals surface area contributed by atoms with Crippen LogP contribution < -0.4 is 4.74 Å². The monoisotopic (exact) mass is 441 g/mol. The van der Waals surface area contributed by atoms with E-state index in [1.807, 2.05) is 30.6 Å². The summed E-state index contributed by atoms with van der Waals surface area (Å²) in [6.45, 7) is 4.32. The van der Waals surface area contributed by atoms with Crippen LogP contribution in [0.3, 0.4) is 0 Å². The topological polar surface area (TPSA) is 75.9 Å². The van der Waals surface area contributed by atoms with Gasteiger partial charge in [-0.25, -0.2) is 14.8 Å². The molecule has 0 fully saturated rings. The molecule has 0 radical (unpaired) electrons. The van der Waals surface area contributed by atoms with E-state index in [9.17, 15) is 10.1 Å². The lowest BCUT2D eigenvalue weighted by atomic mass is 9.99. The number of aromatic nitrogens is 2. The van der Waals surface area contributed by atoms with Gasteiger partial charge in [0, 0.05) is 18.0 Å². The zero-order chi connectivity index (χ0) is 23.5. The molecule has 170 valence electrons. The Labute approximate surface area is 196 Å². The summed E-state index contributed by atoms with van der Waals surface area (Å²) in [5.74, 6) is 0.593. The first kappa shape index (κ1) is 24.1. The van der Waals surface area contributed by atoms with Gasteiger partial charge in [0.05, 0.1) is 17.2 Å². The molecule has 0 saturated heterocycles. The van der Waals surface area contributed by atoms with Crippen LogP contribution in [0.15, 0.2) is 54.9 Å². The number of esters is 1. The number of ether oxygens (including phenoxy) is 1. The van der Waals surface area contributed by atoms with Gasteiger partial charge in [0.15, 0.2) is 5.82 Å². The number of nitrogens with zero attached hydrogens (tertiary/aromatic N) is 3. The highest BCUT2D eigenvalue weighted by Gasteiger charge is 2.12. The Balaban J connectivity index is 1.61. The normalized spacial score (nSPS) is 10.6. The molecule has 3 rings (SSSR count). The molecule has 2 aromatic carbocycles. The number of aryl methyl sites for hydroxylation is 2. The summed E-state index contributed by atoms with van der Waals surface area (Å²) in [5.41, 5.74) is 3.87. The van der Waals surface area contributed by atoms with E-state index in [0.29, 0.717) is 22.7 Å². The fraction of sp³-hybridized carbons (Fsp3) is 0.357. The number of unbranched alkanes of at least 4 members (excludes halogenated alkanes) is 4. The van der Waals surface area contributed by atoms with Crippen molar-refractivity contribution in [3.8, 4) is 23.2 Å². The van der Waals surface area contributed by atoms with Crippen LogP contribution in [-0.4, -0.2) is 15.9 Å². The third-order valence-electron chi connectivity index (χ3n) is 5.58. The summed E-state index contributed by atoms with van der Waals surface area (Å²) in [6.07, 6.45) is 12.5. The van der Waals surface area contributed by atoms with Gasteiger partial charge in [-0.2, -0.15) is 5.26 Å². The number of hydrogen-bond acceptors (Lipinski definition) is 5. The maximum absolute atomic E-state index is 12.6. The van der Waals surface area contributed by atoms with E-state index >= 15 is 0 Å². The summed E-state index contributed by atoms with van der Waals surface area (Å²) < 4.78 is 5.52. The molecule has 0 aliphatic carbocycles. The molecule has 0 amide bonds. The van der Waals surface area contributed by atoms with E-state index in [4.69, 9.17) is 4.74 Å². The van der Waals surface area contributed by atoms with E-state index in [-0.39, 0.29) is 0 Å². The Morgan fingerprint density at radius 1 is 0.909 bits per heavy atom. The largest absolute Gasteiger partial charge is 0.423 e. The smallest absolute Gasteiger partial charge is 0.343 e. The second-order valence-corrected chi connectivity index (χ2v) is 8.23. The highest BCUT2D eigenvalue weighted by Crippen LogP contribution is 2.21. The number of carbonyl (C=O) groups is 1. The number of carbonyl (C=O) groups excluding carboxylic acids is 1. The fourth-order valence-electron chi connectivity index (χ4n) is 3.70. The van der Waals surface area contributed by atoms with Crippen molar-refractivity contribution in [3.63, 3.8) is 0 Å². The lowest BCUT2D eigenvalue weighted by molar-refractivity contribution is 0.0734. The zero-order valence-electron chi connectivity index (χ0n) is 19.5. The van der Waals surface area contributed by atoms with Crippen LogP contribution in [0.2, 0.25) is 0 Å². The van der Waals surface area contributed by atoms with Crippen LogP contribution in [0.5, 0.6) is 5.75 Å². The Bertz CT molecular complexity index is 1080. The van der Waals surface area contributed by atoms with Gasteiger partial charge in [0.2, 0.25) is 0 Å². The van der Waals surface area contributed by atoms with Crippen molar-refractivity contribution in [2.24, 2.45) is 0 Å². The van der Waals surface area contributed by atoms with Crippen LogP contribution in [0.25, 0.3) is 11.4 Å². The zero-order valence-corrected chi connectivity index (χ0v) is 19.5. The number of hydrogen-bond donors (Lipinski definition) is 0. The summed E-state index contributed by atoms with van der Waals surface area (Å²) >= 11 is 0. The minimum Gasteiger partial charge on any atom is -0.423 e. The number of nitriles is 1. The molecular weight excluding hydrogens is 410 g/mol. The van der Waals surface area contributed by atoms with Crippen LogP contribution >= 0.6 is 0 Å². The molecule has 1 aromatic heterocycles. The lowest BCUT2D eigenvalue weighted by Gasteiger charge is -2.08. The average molecular weight is 442 g/mol. The molecular formula is C28H31N3O2. The summed E-state index contributed by atoms with van der Waals surface area (Å²) in [7, 11) is 0. The Kier molecular flexibility index (Phi) is 9.14. The van der Waals surface area contributed by atoms with Crippen LogP contribution in [-0.2, 0) is 12.8 Å². The molecule has 0 N–H and O–H groups in total. The SMILES string of the molecule is CCCCCCCc1ccc(C(=O)Oc2ccc(-c3ncc(CCC)cn3)cc2)cc1C#N. The first-order chi connectivity index (χ1) is 16.1. The first-order valence-electron chi connectivity index (χ1n) is 11.8. The third kappa shape index (κ3) is 6.98. The van der Waals surface area contributed by atoms with Gasteiger partial charge >= 0.3 is 5.97 Å². The lowest BCUT2D eigenvalue weighted by Crippen LogP contribution is -2.09. The van der Waals surface area contributed by atoms with E-state index < -0.39 is 5.97 Å². The molecule has 0 unspecified atom stereocenters. The molecule has 5 heteroatoms.